The number of esters is 1. The number of carbonyl (C=O) groups excluding carboxylic acids is 1. The van der Waals surface area contributed by atoms with E-state index in [4.69, 9.17) is 9.47 Å². The molecule has 0 heterocycles. The lowest BCUT2D eigenvalue weighted by molar-refractivity contribution is -0.166. The van der Waals surface area contributed by atoms with Crippen molar-refractivity contribution in [1.82, 2.24) is 0 Å². The molecule has 122 valence electrons. The average molecular weight is 296 g/mol. The summed E-state index contributed by atoms with van der Waals surface area (Å²) in [6.07, 6.45) is 8.38. The molecule has 0 bridgehead atoms. The second kappa shape index (κ2) is 6.68. The van der Waals surface area contributed by atoms with Crippen molar-refractivity contribution in [3.05, 3.63) is 0 Å². The van der Waals surface area contributed by atoms with Gasteiger partial charge in [0.15, 0.2) is 6.79 Å². The zero-order chi connectivity index (χ0) is 15.5. The first-order valence-electron chi connectivity index (χ1n) is 8.62. The minimum Gasteiger partial charge on any atom is -0.438 e. The van der Waals surface area contributed by atoms with E-state index in [1.54, 1.807) is 0 Å². The lowest BCUT2D eigenvalue weighted by Crippen LogP contribution is -2.27. The van der Waals surface area contributed by atoms with Crippen LogP contribution in [0.2, 0.25) is 0 Å². The minimum atomic E-state index is -0.268. The van der Waals surface area contributed by atoms with Gasteiger partial charge in [0.2, 0.25) is 0 Å². The van der Waals surface area contributed by atoms with Crippen molar-refractivity contribution in [2.24, 2.45) is 22.7 Å². The second-order valence-electron chi connectivity index (χ2n) is 8.17. The van der Waals surface area contributed by atoms with E-state index in [2.05, 4.69) is 27.7 Å². The summed E-state index contributed by atoms with van der Waals surface area (Å²) in [6, 6.07) is 0. The highest BCUT2D eigenvalue weighted by atomic mass is 16.7. The molecule has 1 atom stereocenters. The van der Waals surface area contributed by atoms with Gasteiger partial charge >= 0.3 is 5.97 Å². The number of rotatable bonds is 7. The predicted molar refractivity (Wildman–Crippen MR) is 83.8 cm³/mol. The van der Waals surface area contributed by atoms with Gasteiger partial charge in [-0.05, 0) is 42.9 Å². The fraction of sp³-hybridized carbons (Fsp3) is 0.944. The molecule has 2 fully saturated rings. The first kappa shape index (κ1) is 16.8. The maximum Gasteiger partial charge on any atom is 0.314 e. The van der Waals surface area contributed by atoms with E-state index >= 15 is 0 Å². The van der Waals surface area contributed by atoms with Gasteiger partial charge in [0, 0.05) is 0 Å². The van der Waals surface area contributed by atoms with Crippen LogP contribution < -0.4 is 0 Å². The molecule has 3 nitrogen and oxygen atoms in total. The summed E-state index contributed by atoms with van der Waals surface area (Å²) in [5.41, 5.74) is -0.187. The summed E-state index contributed by atoms with van der Waals surface area (Å²) in [5.74, 6) is 1.13. The highest BCUT2D eigenvalue weighted by molar-refractivity contribution is 5.81. The molecular formula is C18H32O3. The molecule has 2 aliphatic carbocycles. The zero-order valence-corrected chi connectivity index (χ0v) is 14.2. The van der Waals surface area contributed by atoms with Crippen LogP contribution >= 0.6 is 0 Å². The molecule has 0 N–H and O–H groups in total. The van der Waals surface area contributed by atoms with E-state index in [-0.39, 0.29) is 23.6 Å². The monoisotopic (exact) mass is 296 g/mol. The minimum absolute atomic E-state index is 0.0511. The summed E-state index contributed by atoms with van der Waals surface area (Å²) in [6.45, 7) is 9.55. The summed E-state index contributed by atoms with van der Waals surface area (Å²) in [5, 5.41) is 0. The van der Waals surface area contributed by atoms with E-state index < -0.39 is 0 Å². The molecule has 0 aromatic carbocycles. The predicted octanol–water partition coefficient (Wildman–Crippen LogP) is 4.55. The second-order valence-corrected chi connectivity index (χ2v) is 8.17. The first-order valence-corrected chi connectivity index (χ1v) is 8.62. The van der Waals surface area contributed by atoms with E-state index in [0.29, 0.717) is 11.8 Å². The molecule has 0 spiro atoms. The zero-order valence-electron chi connectivity index (χ0n) is 14.2. The average Bonchev–Trinajstić information content (AvgIpc) is 2.97. The Morgan fingerprint density at radius 1 is 1.19 bits per heavy atom. The Balaban J connectivity index is 1.71. The van der Waals surface area contributed by atoms with Gasteiger partial charge in [0.25, 0.3) is 0 Å². The molecule has 0 aromatic rings. The van der Waals surface area contributed by atoms with Crippen LogP contribution in [0, 0.1) is 22.7 Å². The van der Waals surface area contributed by atoms with Gasteiger partial charge in [-0.25, -0.2) is 0 Å². The molecule has 0 radical (unpaired) electrons. The Labute approximate surface area is 129 Å². The number of carbonyl (C=O) groups is 1. The Hall–Kier alpha value is -0.570. The maximum absolute atomic E-state index is 12.4. The molecule has 21 heavy (non-hydrogen) atoms. The molecule has 2 rings (SSSR count). The van der Waals surface area contributed by atoms with Gasteiger partial charge in [-0.2, -0.15) is 0 Å². The Morgan fingerprint density at radius 2 is 1.81 bits per heavy atom. The van der Waals surface area contributed by atoms with Crippen LogP contribution in [0.3, 0.4) is 0 Å². The highest BCUT2D eigenvalue weighted by Gasteiger charge is 2.66. The molecule has 0 saturated heterocycles. The lowest BCUT2D eigenvalue weighted by Gasteiger charge is -2.23. The van der Waals surface area contributed by atoms with Crippen LogP contribution in [-0.4, -0.2) is 19.4 Å². The topological polar surface area (TPSA) is 35.5 Å². The van der Waals surface area contributed by atoms with E-state index in [9.17, 15) is 4.79 Å². The molecule has 0 aliphatic heterocycles. The van der Waals surface area contributed by atoms with Gasteiger partial charge in [0.05, 0.1) is 12.0 Å². The van der Waals surface area contributed by atoms with Crippen molar-refractivity contribution in [3.63, 3.8) is 0 Å². The third kappa shape index (κ3) is 4.00. The molecule has 0 amide bonds. The first-order chi connectivity index (χ1) is 9.87. The van der Waals surface area contributed by atoms with Crippen LogP contribution in [0.5, 0.6) is 0 Å². The standard InChI is InChI=1S/C18H32O3/c1-14(2)10-18(12-17(18,3)4)16(19)21-13-20-11-15-8-6-5-7-9-15/h14-15H,5-13H2,1-4H3. The summed E-state index contributed by atoms with van der Waals surface area (Å²) >= 11 is 0. The summed E-state index contributed by atoms with van der Waals surface area (Å²) in [4.78, 5) is 12.4. The van der Waals surface area contributed by atoms with Crippen molar-refractivity contribution in [2.75, 3.05) is 13.4 Å². The fourth-order valence-electron chi connectivity index (χ4n) is 3.99. The molecule has 0 aromatic heterocycles. The summed E-state index contributed by atoms with van der Waals surface area (Å²) < 4.78 is 11.0. The smallest absolute Gasteiger partial charge is 0.314 e. The normalized spacial score (nSPS) is 28.6. The highest BCUT2D eigenvalue weighted by Crippen LogP contribution is 2.67. The van der Waals surface area contributed by atoms with Gasteiger partial charge in [0.1, 0.15) is 0 Å². The number of hydrogen-bond acceptors (Lipinski definition) is 3. The van der Waals surface area contributed by atoms with Gasteiger partial charge in [-0.1, -0.05) is 47.0 Å². The molecular weight excluding hydrogens is 264 g/mol. The van der Waals surface area contributed by atoms with Crippen molar-refractivity contribution in [3.8, 4) is 0 Å². The molecule has 1 unspecified atom stereocenters. The molecule has 3 heteroatoms. The van der Waals surface area contributed by atoms with Gasteiger partial charge in [-0.15, -0.1) is 0 Å². The van der Waals surface area contributed by atoms with Crippen molar-refractivity contribution >= 4 is 5.97 Å². The Kier molecular flexibility index (Phi) is 5.34. The van der Waals surface area contributed by atoms with Crippen LogP contribution in [0.15, 0.2) is 0 Å². The van der Waals surface area contributed by atoms with E-state index in [0.717, 1.165) is 19.4 Å². The van der Waals surface area contributed by atoms with Crippen molar-refractivity contribution in [2.45, 2.75) is 72.6 Å². The number of hydrogen-bond donors (Lipinski definition) is 0. The number of ether oxygens (including phenoxy) is 2. The third-order valence-electron chi connectivity index (χ3n) is 5.41. The van der Waals surface area contributed by atoms with Crippen LogP contribution in [0.1, 0.15) is 72.6 Å². The molecule has 2 aliphatic rings. The third-order valence-corrected chi connectivity index (χ3v) is 5.41. The summed E-state index contributed by atoms with van der Waals surface area (Å²) in [7, 11) is 0. The fourth-order valence-corrected chi connectivity index (χ4v) is 3.99. The van der Waals surface area contributed by atoms with Gasteiger partial charge < -0.3 is 9.47 Å². The van der Waals surface area contributed by atoms with E-state index in [1.807, 2.05) is 0 Å². The van der Waals surface area contributed by atoms with Crippen LogP contribution in [0.25, 0.3) is 0 Å². The van der Waals surface area contributed by atoms with Crippen LogP contribution in [0.4, 0.5) is 0 Å². The maximum atomic E-state index is 12.4. The largest absolute Gasteiger partial charge is 0.438 e. The Bertz CT molecular complexity index is 355. The van der Waals surface area contributed by atoms with Crippen LogP contribution in [-0.2, 0) is 14.3 Å². The van der Waals surface area contributed by atoms with Gasteiger partial charge in [-0.3, -0.25) is 4.79 Å². The van der Waals surface area contributed by atoms with E-state index in [1.165, 1.54) is 32.1 Å². The Morgan fingerprint density at radius 3 is 2.33 bits per heavy atom. The van der Waals surface area contributed by atoms with Crippen molar-refractivity contribution in [1.29, 1.82) is 0 Å². The van der Waals surface area contributed by atoms with Crippen molar-refractivity contribution < 1.29 is 14.3 Å². The lowest BCUT2D eigenvalue weighted by atomic mass is 9.87. The SMILES string of the molecule is CC(C)CC1(C(=O)OCOCC2CCCCC2)CC1(C)C. The quantitative estimate of drug-likeness (QED) is 0.393. The molecule has 2 saturated carbocycles.